The molecule has 0 spiro atoms. The van der Waals surface area contributed by atoms with Crippen molar-refractivity contribution in [2.24, 2.45) is 0 Å². The predicted molar refractivity (Wildman–Crippen MR) is 67.0 cm³/mol. The van der Waals surface area contributed by atoms with Gasteiger partial charge in [-0.15, -0.1) is 0 Å². The molecule has 0 aliphatic carbocycles. The molecule has 0 aliphatic heterocycles. The van der Waals surface area contributed by atoms with E-state index in [4.69, 9.17) is 21.4 Å². The summed E-state index contributed by atoms with van der Waals surface area (Å²) in [5.74, 6) is 0. The van der Waals surface area contributed by atoms with Crippen molar-refractivity contribution in [3.63, 3.8) is 0 Å². The lowest BCUT2D eigenvalue weighted by molar-refractivity contribution is 0.373. The highest BCUT2D eigenvalue weighted by molar-refractivity contribution is 7.51. The summed E-state index contributed by atoms with van der Waals surface area (Å²) in [6.45, 7) is 0.163. The van der Waals surface area contributed by atoms with Crippen LogP contribution in [0.3, 0.4) is 0 Å². The maximum atomic E-state index is 11.3. The monoisotopic (exact) mass is 294 g/mol. The zero-order chi connectivity index (χ0) is 13.8. The Balaban J connectivity index is 2.62. The minimum atomic E-state index is -3.99. The molecular weight excluding hydrogens is 283 g/mol. The van der Waals surface area contributed by atoms with Crippen molar-refractivity contribution in [3.8, 4) is 0 Å². The van der Waals surface area contributed by atoms with E-state index in [1.807, 2.05) is 4.98 Å². The minimum Gasteiger partial charge on any atom is -0.324 e. The normalized spacial score (nSPS) is 12.2. The number of nitrogens with one attached hydrogen (secondary N) is 1. The van der Waals surface area contributed by atoms with Gasteiger partial charge < -0.3 is 9.79 Å². The molecule has 0 bridgehead atoms. The zero-order valence-electron chi connectivity index (χ0n) is 9.24. The first-order valence-corrected chi connectivity index (χ1v) is 7.16. The average Bonchev–Trinajstić information content (AvgIpc) is 2.23. The molecule has 3 N–H and O–H groups in total. The molecule has 0 radical (unpaired) electrons. The number of nitrogens with zero attached hydrogens (tertiary/aromatic N) is 1. The van der Waals surface area contributed by atoms with Gasteiger partial charge in [0.25, 0.3) is 5.56 Å². The standard InChI is InChI=1S/C9H12ClN2O5P/c10-7-6-12(9(14)11-8(7)13)4-2-1-3-5-18(15,16)17/h1-2,6H,3-5H2,(H,11,13,14)(H2,15,16,17)/b2-1+. The molecule has 0 amide bonds. The van der Waals surface area contributed by atoms with Crippen LogP contribution in [0, 0.1) is 0 Å². The Morgan fingerprint density at radius 2 is 2.06 bits per heavy atom. The van der Waals surface area contributed by atoms with Gasteiger partial charge in [0.1, 0.15) is 5.02 Å². The Kier molecular flexibility index (Phi) is 5.10. The van der Waals surface area contributed by atoms with Gasteiger partial charge in [0.05, 0.1) is 6.16 Å². The summed E-state index contributed by atoms with van der Waals surface area (Å²) < 4.78 is 11.7. The van der Waals surface area contributed by atoms with Gasteiger partial charge in [-0.1, -0.05) is 23.8 Å². The smallest absolute Gasteiger partial charge is 0.324 e. The van der Waals surface area contributed by atoms with E-state index in [1.165, 1.54) is 10.8 Å². The molecule has 1 aromatic heterocycles. The van der Waals surface area contributed by atoms with Crippen LogP contribution in [0.15, 0.2) is 27.9 Å². The minimum absolute atomic E-state index is 0.0989. The summed E-state index contributed by atoms with van der Waals surface area (Å²) in [5.41, 5.74) is -1.24. The van der Waals surface area contributed by atoms with Crippen LogP contribution in [0.5, 0.6) is 0 Å². The molecule has 9 heteroatoms. The largest absolute Gasteiger partial charge is 0.328 e. The van der Waals surface area contributed by atoms with E-state index in [0.717, 1.165) is 0 Å². The Labute approximate surface area is 107 Å². The summed E-state index contributed by atoms with van der Waals surface area (Å²) in [5, 5.41) is -0.0989. The Hall–Kier alpha value is -1.14. The second-order valence-corrected chi connectivity index (χ2v) is 5.72. The van der Waals surface area contributed by atoms with Crippen LogP contribution in [0.25, 0.3) is 0 Å². The van der Waals surface area contributed by atoms with E-state index < -0.39 is 18.8 Å². The third kappa shape index (κ3) is 5.01. The van der Waals surface area contributed by atoms with Gasteiger partial charge in [-0.05, 0) is 6.42 Å². The molecule has 0 aromatic carbocycles. The van der Waals surface area contributed by atoms with Crippen molar-refractivity contribution in [2.45, 2.75) is 13.0 Å². The van der Waals surface area contributed by atoms with E-state index in [0.29, 0.717) is 0 Å². The molecule has 18 heavy (non-hydrogen) atoms. The molecule has 0 atom stereocenters. The molecular formula is C9H12ClN2O5P. The molecule has 7 nitrogen and oxygen atoms in total. The Morgan fingerprint density at radius 1 is 1.39 bits per heavy atom. The second-order valence-electron chi connectivity index (χ2n) is 3.54. The van der Waals surface area contributed by atoms with Gasteiger partial charge in [0.15, 0.2) is 0 Å². The third-order valence-corrected chi connectivity index (χ3v) is 3.13. The van der Waals surface area contributed by atoms with Gasteiger partial charge in [-0.25, -0.2) is 4.79 Å². The fourth-order valence-electron chi connectivity index (χ4n) is 1.17. The predicted octanol–water partition coefficient (Wildman–Crippen LogP) is 0.314. The quantitative estimate of drug-likeness (QED) is 0.534. The van der Waals surface area contributed by atoms with Gasteiger partial charge >= 0.3 is 13.3 Å². The van der Waals surface area contributed by atoms with E-state index in [1.54, 1.807) is 12.2 Å². The lowest BCUT2D eigenvalue weighted by Gasteiger charge is -2.01. The zero-order valence-corrected chi connectivity index (χ0v) is 10.9. The summed E-state index contributed by atoms with van der Waals surface area (Å²) in [4.78, 5) is 41.5. The highest BCUT2D eigenvalue weighted by Gasteiger charge is 2.09. The van der Waals surface area contributed by atoms with E-state index >= 15 is 0 Å². The molecule has 1 aromatic rings. The number of hydrogen-bond donors (Lipinski definition) is 3. The van der Waals surface area contributed by atoms with Crippen molar-refractivity contribution in [1.29, 1.82) is 0 Å². The van der Waals surface area contributed by atoms with Crippen molar-refractivity contribution in [2.75, 3.05) is 6.16 Å². The topological polar surface area (TPSA) is 112 Å². The third-order valence-electron chi connectivity index (χ3n) is 2.02. The molecule has 0 saturated heterocycles. The number of H-pyrrole nitrogens is 1. The van der Waals surface area contributed by atoms with Crippen LogP contribution in [0.4, 0.5) is 0 Å². The molecule has 0 aliphatic rings. The SMILES string of the molecule is O=c1[nH]c(=O)n(C/C=C/CCP(=O)(O)O)cc1Cl. The molecule has 0 saturated carbocycles. The fourth-order valence-corrected chi connectivity index (χ4v) is 1.82. The first-order chi connectivity index (χ1) is 8.29. The van der Waals surface area contributed by atoms with Crippen LogP contribution in [0.1, 0.15) is 6.42 Å². The summed E-state index contributed by atoms with van der Waals surface area (Å²) in [7, 11) is -3.99. The van der Waals surface area contributed by atoms with Crippen molar-refractivity contribution >= 4 is 19.2 Å². The Bertz CT molecular complexity index is 600. The van der Waals surface area contributed by atoms with Crippen molar-refractivity contribution in [3.05, 3.63) is 44.2 Å². The fraction of sp³-hybridized carbons (Fsp3) is 0.333. The number of hydrogen-bond acceptors (Lipinski definition) is 3. The van der Waals surface area contributed by atoms with Crippen molar-refractivity contribution in [1.82, 2.24) is 9.55 Å². The Morgan fingerprint density at radius 3 is 2.67 bits per heavy atom. The first kappa shape index (κ1) is 14.9. The second kappa shape index (κ2) is 6.15. The van der Waals surface area contributed by atoms with E-state index in [-0.39, 0.29) is 24.2 Å². The van der Waals surface area contributed by atoms with Crippen LogP contribution in [-0.4, -0.2) is 25.5 Å². The average molecular weight is 295 g/mol. The number of rotatable bonds is 5. The highest BCUT2D eigenvalue weighted by Crippen LogP contribution is 2.34. The van der Waals surface area contributed by atoms with E-state index in [9.17, 15) is 14.2 Å². The lowest BCUT2D eigenvalue weighted by atomic mass is 10.4. The van der Waals surface area contributed by atoms with Gasteiger partial charge in [-0.2, -0.15) is 0 Å². The molecule has 100 valence electrons. The first-order valence-electron chi connectivity index (χ1n) is 4.98. The number of aromatic amines is 1. The van der Waals surface area contributed by atoms with Crippen LogP contribution in [-0.2, 0) is 11.1 Å². The number of aromatic nitrogens is 2. The summed E-state index contributed by atoms with van der Waals surface area (Å²) in [6.07, 6.45) is 4.27. The summed E-state index contributed by atoms with van der Waals surface area (Å²) >= 11 is 5.56. The number of allylic oxidation sites excluding steroid dienone is 2. The molecule has 0 unspecified atom stereocenters. The lowest BCUT2D eigenvalue weighted by Crippen LogP contribution is -2.29. The van der Waals surface area contributed by atoms with Crippen molar-refractivity contribution < 1.29 is 14.4 Å². The maximum Gasteiger partial charge on any atom is 0.328 e. The van der Waals surface area contributed by atoms with Crippen LogP contribution < -0.4 is 11.2 Å². The van der Waals surface area contributed by atoms with Crippen LogP contribution in [0.2, 0.25) is 5.02 Å². The maximum absolute atomic E-state index is 11.3. The van der Waals surface area contributed by atoms with Gasteiger partial charge in [0.2, 0.25) is 0 Å². The number of halogens is 1. The molecule has 1 heterocycles. The van der Waals surface area contributed by atoms with Crippen LogP contribution >= 0.6 is 19.2 Å². The van der Waals surface area contributed by atoms with Gasteiger partial charge in [-0.3, -0.25) is 18.9 Å². The molecule has 0 fully saturated rings. The van der Waals surface area contributed by atoms with Gasteiger partial charge in [0, 0.05) is 12.7 Å². The molecule has 1 rings (SSSR count). The summed E-state index contributed by atoms with van der Waals surface area (Å²) in [6, 6.07) is 0. The van der Waals surface area contributed by atoms with E-state index in [2.05, 4.69) is 0 Å². The highest BCUT2D eigenvalue weighted by atomic mass is 35.5.